The summed E-state index contributed by atoms with van der Waals surface area (Å²) in [6.45, 7) is 0. The third kappa shape index (κ3) is 3.40. The van der Waals surface area contributed by atoms with Crippen LogP contribution in [0.1, 0.15) is 0 Å². The standard InChI is InChI=1S/C12H7ClF3N5O3/c1-22-11-10(18-8-9(19-11)21-24-20-8)17-7-3-2-5(4-6(7)13)23-12(14,15)16/h2-4H,1H3,(H,17,18,20). The molecule has 0 spiro atoms. The fourth-order valence-electron chi connectivity index (χ4n) is 1.77. The number of methoxy groups -OCH3 is 1. The molecule has 2 aromatic heterocycles. The number of alkyl halides is 3. The van der Waals surface area contributed by atoms with Gasteiger partial charge in [0.1, 0.15) is 5.75 Å². The molecule has 0 saturated heterocycles. The van der Waals surface area contributed by atoms with E-state index in [4.69, 9.17) is 16.3 Å². The largest absolute Gasteiger partial charge is 0.573 e. The van der Waals surface area contributed by atoms with Crippen LogP contribution in [0.15, 0.2) is 22.8 Å². The lowest BCUT2D eigenvalue weighted by Gasteiger charge is -2.12. The number of nitrogens with one attached hydrogen (secondary N) is 1. The summed E-state index contributed by atoms with van der Waals surface area (Å²) in [7, 11) is 1.36. The van der Waals surface area contributed by atoms with Crippen molar-refractivity contribution >= 4 is 34.4 Å². The molecule has 0 saturated carbocycles. The van der Waals surface area contributed by atoms with Crippen LogP contribution in [0.5, 0.6) is 11.6 Å². The quantitative estimate of drug-likeness (QED) is 0.756. The minimum absolute atomic E-state index is 0.0287. The highest BCUT2D eigenvalue weighted by molar-refractivity contribution is 6.33. The minimum atomic E-state index is -4.81. The van der Waals surface area contributed by atoms with E-state index in [0.717, 1.165) is 12.1 Å². The van der Waals surface area contributed by atoms with E-state index in [1.165, 1.54) is 13.2 Å². The molecule has 0 aliphatic rings. The Morgan fingerprint density at radius 1 is 1.17 bits per heavy atom. The molecular weight excluding hydrogens is 355 g/mol. The van der Waals surface area contributed by atoms with Crippen LogP contribution in [-0.4, -0.2) is 33.8 Å². The predicted molar refractivity (Wildman–Crippen MR) is 75.4 cm³/mol. The van der Waals surface area contributed by atoms with E-state index in [1.807, 2.05) is 0 Å². The second-order valence-electron chi connectivity index (χ2n) is 4.31. The van der Waals surface area contributed by atoms with E-state index in [2.05, 4.69) is 35.0 Å². The van der Waals surface area contributed by atoms with E-state index in [0.29, 0.717) is 0 Å². The number of fused-ring (bicyclic) bond motifs is 1. The second kappa shape index (κ2) is 6.00. The van der Waals surface area contributed by atoms with Gasteiger partial charge < -0.3 is 14.8 Å². The van der Waals surface area contributed by atoms with Crippen molar-refractivity contribution in [3.8, 4) is 11.6 Å². The molecule has 12 heteroatoms. The number of ether oxygens (including phenoxy) is 2. The first-order valence-electron chi connectivity index (χ1n) is 6.22. The van der Waals surface area contributed by atoms with Crippen molar-refractivity contribution in [2.75, 3.05) is 12.4 Å². The number of rotatable bonds is 4. The van der Waals surface area contributed by atoms with Crippen LogP contribution >= 0.6 is 11.6 Å². The maximum Gasteiger partial charge on any atom is 0.573 e. The SMILES string of the molecule is COc1nc2nonc2nc1Nc1ccc(OC(F)(F)F)cc1Cl. The van der Waals surface area contributed by atoms with Gasteiger partial charge in [-0.2, -0.15) is 9.97 Å². The fraction of sp³-hybridized carbons (Fsp3) is 0.167. The van der Waals surface area contributed by atoms with E-state index in [1.54, 1.807) is 0 Å². The number of hydrogen-bond acceptors (Lipinski definition) is 8. The molecule has 0 amide bonds. The van der Waals surface area contributed by atoms with E-state index >= 15 is 0 Å². The molecule has 0 bridgehead atoms. The van der Waals surface area contributed by atoms with Crippen molar-refractivity contribution in [1.82, 2.24) is 20.3 Å². The summed E-state index contributed by atoms with van der Waals surface area (Å²) < 4.78 is 49.9. The second-order valence-corrected chi connectivity index (χ2v) is 4.71. The summed E-state index contributed by atoms with van der Waals surface area (Å²) in [5.74, 6) is -0.246. The number of halogens is 4. The van der Waals surface area contributed by atoms with Gasteiger partial charge in [0.05, 0.1) is 17.8 Å². The van der Waals surface area contributed by atoms with Crippen LogP contribution < -0.4 is 14.8 Å². The lowest BCUT2D eigenvalue weighted by atomic mass is 10.3. The zero-order valence-corrected chi connectivity index (χ0v) is 12.5. The Bertz CT molecular complexity index is 886. The van der Waals surface area contributed by atoms with Crippen molar-refractivity contribution in [3.05, 3.63) is 23.2 Å². The van der Waals surface area contributed by atoms with Gasteiger partial charge in [-0.1, -0.05) is 11.6 Å². The number of anilines is 2. The summed E-state index contributed by atoms with van der Waals surface area (Å²) >= 11 is 5.96. The maximum absolute atomic E-state index is 12.2. The molecule has 2 heterocycles. The highest BCUT2D eigenvalue weighted by atomic mass is 35.5. The van der Waals surface area contributed by atoms with Gasteiger partial charge in [0, 0.05) is 6.07 Å². The average molecular weight is 362 g/mol. The number of nitrogens with zero attached hydrogens (tertiary/aromatic N) is 4. The van der Waals surface area contributed by atoms with Gasteiger partial charge in [-0.25, -0.2) is 4.63 Å². The summed E-state index contributed by atoms with van der Waals surface area (Å²) in [6, 6.07) is 3.39. The van der Waals surface area contributed by atoms with Crippen LogP contribution in [0, 0.1) is 0 Å². The molecule has 0 atom stereocenters. The molecule has 1 aromatic carbocycles. The van der Waals surface area contributed by atoms with Gasteiger partial charge in [0.25, 0.3) is 5.88 Å². The van der Waals surface area contributed by atoms with Crippen molar-refractivity contribution in [2.24, 2.45) is 0 Å². The van der Waals surface area contributed by atoms with Crippen molar-refractivity contribution in [1.29, 1.82) is 0 Å². The number of aromatic nitrogens is 4. The molecule has 3 aromatic rings. The molecule has 0 aliphatic heterocycles. The van der Waals surface area contributed by atoms with Crippen molar-refractivity contribution in [3.63, 3.8) is 0 Å². The zero-order chi connectivity index (χ0) is 17.3. The topological polar surface area (TPSA) is 95.2 Å². The first-order chi connectivity index (χ1) is 11.4. The van der Waals surface area contributed by atoms with Crippen LogP contribution in [0.3, 0.4) is 0 Å². The Morgan fingerprint density at radius 3 is 2.50 bits per heavy atom. The minimum Gasteiger partial charge on any atom is -0.478 e. The molecule has 126 valence electrons. The molecule has 0 radical (unpaired) electrons. The zero-order valence-electron chi connectivity index (χ0n) is 11.8. The first-order valence-corrected chi connectivity index (χ1v) is 6.60. The van der Waals surface area contributed by atoms with Crippen LogP contribution in [-0.2, 0) is 0 Å². The van der Waals surface area contributed by atoms with E-state index in [9.17, 15) is 13.2 Å². The smallest absolute Gasteiger partial charge is 0.478 e. The van der Waals surface area contributed by atoms with E-state index < -0.39 is 12.1 Å². The summed E-state index contributed by atoms with van der Waals surface area (Å²) in [5, 5.41) is 9.82. The van der Waals surface area contributed by atoms with Crippen LogP contribution in [0.2, 0.25) is 5.02 Å². The first kappa shape index (κ1) is 16.1. The van der Waals surface area contributed by atoms with Gasteiger partial charge >= 0.3 is 6.36 Å². The highest BCUT2D eigenvalue weighted by Crippen LogP contribution is 2.33. The number of hydrogen-bond donors (Lipinski definition) is 1. The lowest BCUT2D eigenvalue weighted by Crippen LogP contribution is -2.17. The molecule has 1 N–H and O–H groups in total. The van der Waals surface area contributed by atoms with Crippen LogP contribution in [0.4, 0.5) is 24.7 Å². The van der Waals surface area contributed by atoms with Crippen molar-refractivity contribution in [2.45, 2.75) is 6.36 Å². The summed E-state index contributed by atoms with van der Waals surface area (Å²) in [4.78, 5) is 8.10. The highest BCUT2D eigenvalue weighted by Gasteiger charge is 2.31. The molecule has 0 fully saturated rings. The van der Waals surface area contributed by atoms with Gasteiger partial charge in [0.15, 0.2) is 5.82 Å². The Labute approximate surface area is 136 Å². The predicted octanol–water partition coefficient (Wildman–Crippen LogP) is 3.32. The molecule has 0 aliphatic carbocycles. The van der Waals surface area contributed by atoms with Gasteiger partial charge in [-0.05, 0) is 22.4 Å². The van der Waals surface area contributed by atoms with Crippen molar-refractivity contribution < 1.29 is 27.3 Å². The average Bonchev–Trinajstić information content (AvgIpc) is 2.94. The van der Waals surface area contributed by atoms with Gasteiger partial charge in [0.2, 0.25) is 11.3 Å². The Morgan fingerprint density at radius 2 is 1.88 bits per heavy atom. The third-order valence-corrected chi connectivity index (χ3v) is 3.02. The lowest BCUT2D eigenvalue weighted by molar-refractivity contribution is -0.274. The van der Waals surface area contributed by atoms with Gasteiger partial charge in [-0.3, -0.25) is 0 Å². The normalized spacial score (nSPS) is 11.5. The molecule has 24 heavy (non-hydrogen) atoms. The molecular formula is C12H7ClF3N5O3. The van der Waals surface area contributed by atoms with Gasteiger partial charge in [-0.15, -0.1) is 13.2 Å². The Balaban J connectivity index is 1.90. The summed E-state index contributed by atoms with van der Waals surface area (Å²) in [5.41, 5.74) is 0.512. The Hall–Kier alpha value is -2.82. The van der Waals surface area contributed by atoms with Crippen LogP contribution in [0.25, 0.3) is 11.3 Å². The maximum atomic E-state index is 12.2. The van der Waals surface area contributed by atoms with E-state index in [-0.39, 0.29) is 33.7 Å². The monoisotopic (exact) mass is 361 g/mol. The molecule has 0 unspecified atom stereocenters. The number of benzene rings is 1. The fourth-order valence-corrected chi connectivity index (χ4v) is 1.99. The summed E-state index contributed by atoms with van der Waals surface area (Å²) in [6.07, 6.45) is -4.81. The molecule has 8 nitrogen and oxygen atoms in total. The third-order valence-electron chi connectivity index (χ3n) is 2.70. The molecule has 3 rings (SSSR count). The Kier molecular flexibility index (Phi) is 4.01.